The summed E-state index contributed by atoms with van der Waals surface area (Å²) >= 11 is 0. The van der Waals surface area contributed by atoms with Crippen LogP contribution in [-0.4, -0.2) is 13.4 Å². The Kier molecular flexibility index (Phi) is 3.60. The smallest absolute Gasteiger partial charge is 0.163 e. The second-order valence-electron chi connectivity index (χ2n) is 5.52. The topological polar surface area (TPSA) is 15.7 Å². The normalized spacial score (nSPS) is 13.9. The van der Waals surface area contributed by atoms with Crippen molar-refractivity contribution in [1.29, 1.82) is 0 Å². The van der Waals surface area contributed by atoms with E-state index in [4.69, 9.17) is 4.74 Å². The molecular weight excluding hydrogens is 284 g/mol. The lowest BCUT2D eigenvalue weighted by Crippen LogP contribution is -2.35. The summed E-state index contributed by atoms with van der Waals surface area (Å²) < 4.78 is 6.05. The molecule has 3 heteroatoms. The van der Waals surface area contributed by atoms with Crippen LogP contribution < -0.4 is 14.5 Å². The summed E-state index contributed by atoms with van der Waals surface area (Å²) in [6, 6.07) is 29.0. The molecule has 0 radical (unpaired) electrons. The highest BCUT2D eigenvalue weighted by Crippen LogP contribution is 2.36. The number of anilines is 3. The molecule has 0 atom stereocenters. The van der Waals surface area contributed by atoms with Gasteiger partial charge in [-0.3, -0.25) is 0 Å². The number of ether oxygens (including phenoxy) is 1. The van der Waals surface area contributed by atoms with Crippen LogP contribution in [0.25, 0.3) is 0 Å². The standard InChI is InChI=1S/C20H18N2O/c1-3-9-17(10-4-1)21-15-22(18-11-5-2-6-12-18)19-13-7-8-14-20(19)23-16-21/h1-14H,15-16H2. The number of nitrogens with zero attached hydrogens (tertiary/aromatic N) is 2. The zero-order chi connectivity index (χ0) is 15.5. The van der Waals surface area contributed by atoms with Gasteiger partial charge < -0.3 is 14.5 Å². The molecule has 0 aromatic heterocycles. The molecule has 0 aliphatic carbocycles. The lowest BCUT2D eigenvalue weighted by Gasteiger charge is -2.29. The predicted molar refractivity (Wildman–Crippen MR) is 94.3 cm³/mol. The molecule has 0 spiro atoms. The molecule has 0 saturated carbocycles. The summed E-state index contributed by atoms with van der Waals surface area (Å²) in [7, 11) is 0. The van der Waals surface area contributed by atoms with Crippen LogP contribution in [0.2, 0.25) is 0 Å². The first-order valence-electron chi connectivity index (χ1n) is 7.76. The van der Waals surface area contributed by atoms with Crippen molar-refractivity contribution in [3.05, 3.63) is 84.9 Å². The monoisotopic (exact) mass is 302 g/mol. The van der Waals surface area contributed by atoms with Crippen molar-refractivity contribution < 1.29 is 4.74 Å². The van der Waals surface area contributed by atoms with E-state index in [1.54, 1.807) is 0 Å². The quantitative estimate of drug-likeness (QED) is 0.686. The van der Waals surface area contributed by atoms with Gasteiger partial charge in [0.25, 0.3) is 0 Å². The van der Waals surface area contributed by atoms with Crippen molar-refractivity contribution in [2.45, 2.75) is 0 Å². The molecule has 1 heterocycles. The first-order valence-corrected chi connectivity index (χ1v) is 7.76. The van der Waals surface area contributed by atoms with E-state index < -0.39 is 0 Å². The molecule has 23 heavy (non-hydrogen) atoms. The molecule has 1 aliphatic rings. The molecule has 0 bridgehead atoms. The minimum atomic E-state index is 0.532. The molecule has 0 saturated heterocycles. The Labute approximate surface area is 136 Å². The van der Waals surface area contributed by atoms with Crippen molar-refractivity contribution in [1.82, 2.24) is 0 Å². The molecule has 0 N–H and O–H groups in total. The van der Waals surface area contributed by atoms with Crippen LogP contribution >= 0.6 is 0 Å². The molecule has 3 aromatic rings. The lowest BCUT2D eigenvalue weighted by molar-refractivity contribution is 0.323. The predicted octanol–water partition coefficient (Wildman–Crippen LogP) is 4.64. The third-order valence-electron chi connectivity index (χ3n) is 4.03. The van der Waals surface area contributed by atoms with Crippen molar-refractivity contribution in [2.24, 2.45) is 0 Å². The largest absolute Gasteiger partial charge is 0.471 e. The molecule has 0 unspecified atom stereocenters. The molecule has 114 valence electrons. The third-order valence-corrected chi connectivity index (χ3v) is 4.03. The van der Waals surface area contributed by atoms with E-state index >= 15 is 0 Å². The van der Waals surface area contributed by atoms with E-state index in [0.29, 0.717) is 6.73 Å². The SMILES string of the molecule is c1ccc(N2COc3ccccc3N(c3ccccc3)C2)cc1. The van der Waals surface area contributed by atoms with Crippen LogP contribution in [0.1, 0.15) is 0 Å². The van der Waals surface area contributed by atoms with Gasteiger partial charge in [0.2, 0.25) is 0 Å². The van der Waals surface area contributed by atoms with E-state index in [2.05, 4.69) is 70.5 Å². The molecular formula is C20H18N2O. The first kappa shape index (κ1) is 13.7. The van der Waals surface area contributed by atoms with E-state index in [1.807, 2.05) is 24.3 Å². The zero-order valence-corrected chi connectivity index (χ0v) is 12.8. The van der Waals surface area contributed by atoms with Crippen molar-refractivity contribution >= 4 is 17.1 Å². The highest BCUT2D eigenvalue weighted by atomic mass is 16.5. The number of hydrogen-bond acceptors (Lipinski definition) is 3. The molecule has 4 rings (SSSR count). The van der Waals surface area contributed by atoms with Crippen molar-refractivity contribution in [3.63, 3.8) is 0 Å². The highest BCUT2D eigenvalue weighted by molar-refractivity contribution is 5.71. The second kappa shape index (κ2) is 6.05. The maximum absolute atomic E-state index is 6.05. The van der Waals surface area contributed by atoms with Crippen LogP contribution in [0.3, 0.4) is 0 Å². The minimum Gasteiger partial charge on any atom is -0.471 e. The lowest BCUT2D eigenvalue weighted by atomic mass is 10.2. The Balaban J connectivity index is 1.76. The van der Waals surface area contributed by atoms with Crippen molar-refractivity contribution in [2.75, 3.05) is 23.2 Å². The summed E-state index contributed by atoms with van der Waals surface area (Å²) in [6.45, 7) is 1.27. The van der Waals surface area contributed by atoms with Gasteiger partial charge in [0.15, 0.2) is 6.73 Å². The third kappa shape index (κ3) is 2.73. The fourth-order valence-corrected chi connectivity index (χ4v) is 2.86. The van der Waals surface area contributed by atoms with Gasteiger partial charge in [0.1, 0.15) is 5.75 Å². The number of rotatable bonds is 2. The van der Waals surface area contributed by atoms with Crippen LogP contribution in [0.15, 0.2) is 84.9 Å². The second-order valence-corrected chi connectivity index (χ2v) is 5.52. The van der Waals surface area contributed by atoms with E-state index in [1.165, 1.54) is 0 Å². The van der Waals surface area contributed by atoms with Gasteiger partial charge in [0, 0.05) is 11.4 Å². The van der Waals surface area contributed by atoms with E-state index in [9.17, 15) is 0 Å². The first-order chi connectivity index (χ1) is 11.4. The van der Waals surface area contributed by atoms with Gasteiger partial charge in [-0.15, -0.1) is 0 Å². The maximum Gasteiger partial charge on any atom is 0.163 e. The molecule has 0 fully saturated rings. The fourth-order valence-electron chi connectivity index (χ4n) is 2.86. The fraction of sp³-hybridized carbons (Fsp3) is 0.100. The molecule has 1 aliphatic heterocycles. The number of fused-ring (bicyclic) bond motifs is 1. The Bertz CT molecular complexity index is 774. The molecule has 3 aromatic carbocycles. The summed E-state index contributed by atoms with van der Waals surface area (Å²) in [5.41, 5.74) is 3.41. The van der Waals surface area contributed by atoms with Gasteiger partial charge in [0.05, 0.1) is 12.4 Å². The average molecular weight is 302 g/mol. The summed E-state index contributed by atoms with van der Waals surface area (Å²) in [4.78, 5) is 4.52. The highest BCUT2D eigenvalue weighted by Gasteiger charge is 2.22. The van der Waals surface area contributed by atoms with Crippen LogP contribution in [0, 0.1) is 0 Å². The Hall–Kier alpha value is -2.94. The Morgan fingerprint density at radius 2 is 1.26 bits per heavy atom. The van der Waals surface area contributed by atoms with Crippen LogP contribution in [-0.2, 0) is 0 Å². The maximum atomic E-state index is 6.05. The summed E-state index contributed by atoms with van der Waals surface area (Å²) in [5, 5.41) is 0. The van der Waals surface area contributed by atoms with Crippen LogP contribution in [0.4, 0.5) is 17.1 Å². The zero-order valence-electron chi connectivity index (χ0n) is 12.8. The average Bonchev–Trinajstić information content (AvgIpc) is 2.83. The van der Waals surface area contributed by atoms with E-state index in [-0.39, 0.29) is 0 Å². The van der Waals surface area contributed by atoms with Gasteiger partial charge in [-0.05, 0) is 36.4 Å². The summed E-state index contributed by atoms with van der Waals surface area (Å²) in [5.74, 6) is 0.912. The Morgan fingerprint density at radius 3 is 2.00 bits per heavy atom. The van der Waals surface area contributed by atoms with Crippen LogP contribution in [0.5, 0.6) is 5.75 Å². The van der Waals surface area contributed by atoms with Gasteiger partial charge in [-0.2, -0.15) is 0 Å². The molecule has 0 amide bonds. The number of para-hydroxylation sites is 4. The van der Waals surface area contributed by atoms with Crippen molar-refractivity contribution in [3.8, 4) is 5.75 Å². The molecule has 3 nitrogen and oxygen atoms in total. The van der Waals surface area contributed by atoms with Gasteiger partial charge in [-0.1, -0.05) is 48.5 Å². The van der Waals surface area contributed by atoms with E-state index in [0.717, 1.165) is 29.5 Å². The number of benzene rings is 3. The Morgan fingerprint density at radius 1 is 0.652 bits per heavy atom. The van der Waals surface area contributed by atoms with Gasteiger partial charge in [-0.25, -0.2) is 0 Å². The number of hydrogen-bond donors (Lipinski definition) is 0. The summed E-state index contributed by atoms with van der Waals surface area (Å²) in [6.07, 6.45) is 0. The van der Waals surface area contributed by atoms with Gasteiger partial charge >= 0.3 is 0 Å². The minimum absolute atomic E-state index is 0.532.